The van der Waals surface area contributed by atoms with Crippen LogP contribution < -0.4 is 10.2 Å². The van der Waals surface area contributed by atoms with Gasteiger partial charge in [-0.05, 0) is 56.9 Å². The Hall–Kier alpha value is -3.78. The van der Waals surface area contributed by atoms with E-state index in [-0.39, 0.29) is 31.3 Å². The number of esters is 1. The number of hydrogen-bond acceptors (Lipinski definition) is 10. The molecule has 3 heterocycles. The van der Waals surface area contributed by atoms with E-state index in [9.17, 15) is 29.4 Å². The zero-order chi connectivity index (χ0) is 35.7. The number of aliphatic hydroxyl groups is 2. The van der Waals surface area contributed by atoms with Crippen molar-refractivity contribution in [3.05, 3.63) is 52.6 Å². The van der Waals surface area contributed by atoms with E-state index in [1.54, 1.807) is 33.0 Å². The molecule has 3 aliphatic rings. The first-order chi connectivity index (χ1) is 22.4. The molecule has 264 valence electrons. The number of hydrogen-bond donors (Lipinski definition) is 3. The number of nitrogens with zero attached hydrogens (tertiary/aromatic N) is 2. The van der Waals surface area contributed by atoms with Gasteiger partial charge in [0.1, 0.15) is 30.0 Å². The molecule has 0 aromatic heterocycles. The lowest BCUT2D eigenvalue weighted by molar-refractivity contribution is -0.161. The van der Waals surface area contributed by atoms with Crippen molar-refractivity contribution in [3.63, 3.8) is 0 Å². The van der Waals surface area contributed by atoms with E-state index >= 15 is 0 Å². The van der Waals surface area contributed by atoms with Crippen LogP contribution in [0, 0.1) is 12.8 Å². The molecule has 4 rings (SSSR count). The zero-order valence-corrected chi connectivity index (χ0v) is 29.2. The fourth-order valence-corrected chi connectivity index (χ4v) is 6.58. The first kappa shape index (κ1) is 37.0. The van der Waals surface area contributed by atoms with Gasteiger partial charge in [0, 0.05) is 46.2 Å². The number of likely N-dealkylation sites (N-methyl/N-ethyl adjacent to an activating group) is 1. The van der Waals surface area contributed by atoms with Crippen LogP contribution >= 0.6 is 0 Å². The predicted molar refractivity (Wildman–Crippen MR) is 176 cm³/mol. The molecule has 0 spiro atoms. The van der Waals surface area contributed by atoms with E-state index < -0.39 is 59.8 Å². The van der Waals surface area contributed by atoms with Crippen molar-refractivity contribution in [2.75, 3.05) is 26.1 Å². The average Bonchev–Trinajstić information content (AvgIpc) is 3.73. The molecule has 48 heavy (non-hydrogen) atoms. The van der Waals surface area contributed by atoms with E-state index in [1.807, 2.05) is 32.1 Å². The van der Waals surface area contributed by atoms with E-state index in [4.69, 9.17) is 18.9 Å². The second-order valence-electron chi connectivity index (χ2n) is 13.5. The van der Waals surface area contributed by atoms with Gasteiger partial charge in [0.15, 0.2) is 5.72 Å². The maximum absolute atomic E-state index is 14.0. The molecule has 4 bridgehead atoms. The number of nitrogens with one attached hydrogen (secondary N) is 1. The maximum atomic E-state index is 14.0. The van der Waals surface area contributed by atoms with Crippen molar-refractivity contribution in [1.29, 1.82) is 0 Å². The van der Waals surface area contributed by atoms with Gasteiger partial charge in [-0.2, -0.15) is 0 Å². The third-order valence-electron chi connectivity index (χ3n) is 10.0. The first-order valence-corrected chi connectivity index (χ1v) is 16.1. The monoisotopic (exact) mass is 671 g/mol. The highest BCUT2D eigenvalue weighted by Crippen LogP contribution is 2.49. The zero-order valence-electron chi connectivity index (χ0n) is 29.2. The summed E-state index contributed by atoms with van der Waals surface area (Å²) in [6.07, 6.45) is 1.17. The molecule has 0 saturated carbocycles. The largest absolute Gasteiger partial charge is 0.457 e. The Morgan fingerprint density at radius 1 is 1.25 bits per heavy atom. The van der Waals surface area contributed by atoms with Crippen LogP contribution in [0.2, 0.25) is 0 Å². The summed E-state index contributed by atoms with van der Waals surface area (Å²) in [5, 5.41) is 24.3. The molecule has 8 unspecified atom stereocenters. The lowest BCUT2D eigenvalue weighted by Gasteiger charge is -2.42. The molecular formula is C35H49N3O10. The summed E-state index contributed by atoms with van der Waals surface area (Å²) in [6.45, 7) is 9.93. The number of methoxy groups -OCH3 is 1. The van der Waals surface area contributed by atoms with Gasteiger partial charge in [-0.1, -0.05) is 36.8 Å². The minimum absolute atomic E-state index is 0.0387. The Kier molecular flexibility index (Phi) is 11.1. The van der Waals surface area contributed by atoms with E-state index in [1.165, 1.54) is 37.8 Å². The lowest BCUT2D eigenvalue weighted by Crippen LogP contribution is -2.63. The molecule has 13 nitrogen and oxygen atoms in total. The van der Waals surface area contributed by atoms with Crippen LogP contribution in [0.3, 0.4) is 0 Å². The first-order valence-electron chi connectivity index (χ1n) is 16.1. The molecule has 0 radical (unpaired) electrons. The van der Waals surface area contributed by atoms with Crippen molar-refractivity contribution in [1.82, 2.24) is 10.2 Å². The molecule has 2 saturated heterocycles. The van der Waals surface area contributed by atoms with Crippen molar-refractivity contribution < 1.29 is 48.3 Å². The van der Waals surface area contributed by atoms with Crippen molar-refractivity contribution in [3.8, 4) is 0 Å². The number of rotatable bonds is 5. The summed E-state index contributed by atoms with van der Waals surface area (Å²) in [5.41, 5.74) is 0.809. The Morgan fingerprint density at radius 3 is 2.56 bits per heavy atom. The van der Waals surface area contributed by atoms with Crippen molar-refractivity contribution in [2.45, 2.75) is 109 Å². The van der Waals surface area contributed by atoms with Gasteiger partial charge in [-0.3, -0.25) is 14.9 Å². The third kappa shape index (κ3) is 7.59. The van der Waals surface area contributed by atoms with Crippen LogP contribution in [0.1, 0.15) is 64.2 Å². The fourth-order valence-electron chi connectivity index (χ4n) is 6.58. The highest BCUT2D eigenvalue weighted by Gasteiger charge is 2.64. The second-order valence-corrected chi connectivity index (χ2v) is 13.5. The number of anilines is 1. The van der Waals surface area contributed by atoms with Gasteiger partial charge in [-0.25, -0.2) is 9.59 Å². The number of epoxide rings is 1. The molecule has 1 aromatic rings. The Bertz CT molecular complexity index is 1490. The van der Waals surface area contributed by atoms with Gasteiger partial charge in [0.2, 0.25) is 11.8 Å². The second kappa shape index (κ2) is 14.4. The Labute approximate surface area is 281 Å². The molecule has 13 heteroatoms. The quantitative estimate of drug-likeness (QED) is 0.313. The van der Waals surface area contributed by atoms with E-state index in [0.29, 0.717) is 17.7 Å². The summed E-state index contributed by atoms with van der Waals surface area (Å²) in [4.78, 5) is 54.9. The third-order valence-corrected chi connectivity index (χ3v) is 10.0. The van der Waals surface area contributed by atoms with Crippen LogP contribution in [0.25, 0.3) is 0 Å². The van der Waals surface area contributed by atoms with E-state index in [2.05, 4.69) is 5.32 Å². The highest BCUT2D eigenvalue weighted by atomic mass is 16.7. The molecule has 1 aromatic carbocycles. The smallest absolute Gasteiger partial charge is 0.409 e. The van der Waals surface area contributed by atoms with Gasteiger partial charge in [-0.15, -0.1) is 0 Å². The molecule has 0 aliphatic carbocycles. The van der Waals surface area contributed by atoms with Gasteiger partial charge >= 0.3 is 12.1 Å². The number of fused-ring (bicyclic) bond motifs is 5. The summed E-state index contributed by atoms with van der Waals surface area (Å²) >= 11 is 0. The fraction of sp³-hybridized carbons (Fsp3) is 0.600. The van der Waals surface area contributed by atoms with E-state index in [0.717, 1.165) is 16.7 Å². The van der Waals surface area contributed by atoms with Gasteiger partial charge < -0.3 is 39.0 Å². The summed E-state index contributed by atoms with van der Waals surface area (Å²) in [6, 6.07) is 2.85. The molecule has 2 fully saturated rings. The number of carbonyl (C=O) groups is 4. The van der Waals surface area contributed by atoms with Crippen molar-refractivity contribution >= 4 is 29.6 Å². The number of ether oxygens (including phenoxy) is 4. The van der Waals surface area contributed by atoms with Crippen LogP contribution in [0.15, 0.2) is 35.9 Å². The van der Waals surface area contributed by atoms with Gasteiger partial charge in [0.05, 0.1) is 19.1 Å². The SMILES string of the molecule is COC1/C=C/C=C(\C)Cc2cc(CO)c(C)c(c2)N(C)C(=O)CC(OC(=O)C(C)N(C)C(C)=O)C2(C)OC2C(C)C2CC1(O)NC(=O)O2. The molecule has 3 amide bonds. The number of amides is 3. The molecular weight excluding hydrogens is 622 g/mol. The minimum Gasteiger partial charge on any atom is -0.457 e. The maximum Gasteiger partial charge on any atom is 0.409 e. The average molecular weight is 672 g/mol. The number of allylic oxidation sites excluding steroid dienone is 3. The number of benzene rings is 1. The van der Waals surface area contributed by atoms with Crippen LogP contribution in [0.4, 0.5) is 10.5 Å². The topological polar surface area (TPSA) is 167 Å². The predicted octanol–water partition coefficient (Wildman–Crippen LogP) is 2.67. The van der Waals surface area contributed by atoms with Crippen LogP contribution in [0.5, 0.6) is 0 Å². The number of carbonyl (C=O) groups excluding carboxylic acids is 4. The molecule has 3 N–H and O–H groups in total. The standard InChI is InChI=1S/C35H49N3O10/c1-19-11-10-12-28(45-9)35(44)17-27(46-33(43)36-35)21(3)31-34(6,48-31)29(47-32(42)22(4)37(7)23(5)40)16-30(41)38(8)26-15-24(13-19)14-25(18-39)20(26)2/h10-12,14-15,21-22,27-29,31,39,44H,13,16-18H2,1-9H3,(H,36,43)/b12-10+,19-11+. The lowest BCUT2D eigenvalue weighted by atomic mass is 9.83. The Morgan fingerprint density at radius 2 is 1.94 bits per heavy atom. The Balaban J connectivity index is 1.80. The molecule has 8 atom stereocenters. The van der Waals surface area contributed by atoms with Crippen molar-refractivity contribution in [2.24, 2.45) is 5.92 Å². The highest BCUT2D eigenvalue weighted by molar-refractivity contribution is 5.94. The van der Waals surface area contributed by atoms with Gasteiger partial charge in [0.25, 0.3) is 0 Å². The minimum atomic E-state index is -1.81. The van der Waals surface area contributed by atoms with Crippen LogP contribution in [-0.4, -0.2) is 102 Å². The summed E-state index contributed by atoms with van der Waals surface area (Å²) in [7, 11) is 4.55. The summed E-state index contributed by atoms with van der Waals surface area (Å²) in [5.74, 6) is -1.92. The molecule has 3 aliphatic heterocycles. The normalized spacial score (nSPS) is 33.3. The summed E-state index contributed by atoms with van der Waals surface area (Å²) < 4.78 is 23.4. The number of aliphatic hydroxyl groups excluding tert-OH is 1. The van der Waals surface area contributed by atoms with Crippen LogP contribution in [-0.2, 0) is 46.4 Å². The number of alkyl carbamates (subject to hydrolysis) is 1.